The Morgan fingerprint density at radius 2 is 2.12 bits per heavy atom. The molecule has 0 spiro atoms. The van der Waals surface area contributed by atoms with E-state index < -0.39 is 0 Å². The van der Waals surface area contributed by atoms with Crippen LogP contribution in [0.1, 0.15) is 25.3 Å². The number of hydrogen-bond acceptors (Lipinski definition) is 5. The van der Waals surface area contributed by atoms with E-state index in [4.69, 9.17) is 5.73 Å². The summed E-state index contributed by atoms with van der Waals surface area (Å²) in [5, 5.41) is 15.1. The molecule has 1 aromatic carbocycles. The number of aromatic nitrogens is 4. The number of nitrogens with two attached hydrogens (primary N) is 1. The average Bonchev–Trinajstić information content (AvgIpc) is 2.76. The van der Waals surface area contributed by atoms with Crippen molar-refractivity contribution < 1.29 is 0 Å². The van der Waals surface area contributed by atoms with Crippen LogP contribution < -0.4 is 5.73 Å². The molecule has 0 radical (unpaired) electrons. The number of tetrazole rings is 1. The molecule has 2 aromatic rings. The Labute approximate surface area is 99.1 Å². The summed E-state index contributed by atoms with van der Waals surface area (Å²) in [5.41, 5.74) is 7.57. The standard InChI is InChI=1S/C11H14N6/c1-2-6-10(9-7-4-3-5-8-9)14-17-11(12)13-15-16-17/h3-5,7-8H,2,6H2,1H3,(H2,12,13,16). The van der Waals surface area contributed by atoms with Gasteiger partial charge in [0.2, 0.25) is 0 Å². The minimum atomic E-state index is 0.189. The lowest BCUT2D eigenvalue weighted by Crippen LogP contribution is -2.07. The second kappa shape index (κ2) is 5.20. The van der Waals surface area contributed by atoms with Gasteiger partial charge in [0.05, 0.1) is 5.71 Å². The molecule has 2 rings (SSSR count). The third kappa shape index (κ3) is 2.66. The predicted molar refractivity (Wildman–Crippen MR) is 65.5 cm³/mol. The van der Waals surface area contributed by atoms with Gasteiger partial charge in [0.1, 0.15) is 0 Å². The van der Waals surface area contributed by atoms with E-state index in [1.807, 2.05) is 30.3 Å². The zero-order valence-corrected chi connectivity index (χ0v) is 9.61. The lowest BCUT2D eigenvalue weighted by Gasteiger charge is -2.04. The van der Waals surface area contributed by atoms with E-state index in [0.29, 0.717) is 0 Å². The van der Waals surface area contributed by atoms with Gasteiger partial charge in [0.25, 0.3) is 5.95 Å². The van der Waals surface area contributed by atoms with Crippen LogP contribution in [0.4, 0.5) is 5.95 Å². The van der Waals surface area contributed by atoms with Gasteiger partial charge in [-0.25, -0.2) is 0 Å². The van der Waals surface area contributed by atoms with Crippen molar-refractivity contribution in [2.45, 2.75) is 19.8 Å². The van der Waals surface area contributed by atoms with Crippen molar-refractivity contribution in [3.63, 3.8) is 0 Å². The second-order valence-electron chi connectivity index (χ2n) is 3.59. The van der Waals surface area contributed by atoms with Crippen LogP contribution in [-0.4, -0.2) is 26.0 Å². The first-order valence-electron chi connectivity index (χ1n) is 5.48. The minimum Gasteiger partial charge on any atom is -0.365 e. The molecule has 0 amide bonds. The molecule has 0 atom stereocenters. The quantitative estimate of drug-likeness (QED) is 0.803. The molecule has 0 aliphatic heterocycles. The fourth-order valence-corrected chi connectivity index (χ4v) is 1.49. The van der Waals surface area contributed by atoms with Gasteiger partial charge in [0.15, 0.2) is 0 Å². The van der Waals surface area contributed by atoms with E-state index >= 15 is 0 Å². The van der Waals surface area contributed by atoms with Crippen LogP contribution in [0.5, 0.6) is 0 Å². The maximum absolute atomic E-state index is 5.58. The molecule has 0 unspecified atom stereocenters. The zero-order valence-electron chi connectivity index (χ0n) is 9.61. The summed E-state index contributed by atoms with van der Waals surface area (Å²) in [6.45, 7) is 2.10. The zero-order chi connectivity index (χ0) is 12.1. The van der Waals surface area contributed by atoms with Gasteiger partial charge in [-0.15, -0.1) is 5.10 Å². The third-order valence-corrected chi connectivity index (χ3v) is 2.29. The van der Waals surface area contributed by atoms with Crippen molar-refractivity contribution >= 4 is 11.7 Å². The van der Waals surface area contributed by atoms with Crippen molar-refractivity contribution in [2.75, 3.05) is 5.73 Å². The fourth-order valence-electron chi connectivity index (χ4n) is 1.49. The molecule has 0 saturated carbocycles. The summed E-state index contributed by atoms with van der Waals surface area (Å²) < 4.78 is 0. The molecule has 6 heteroatoms. The van der Waals surface area contributed by atoms with Crippen LogP contribution >= 0.6 is 0 Å². The number of nitrogens with zero attached hydrogens (tertiary/aromatic N) is 5. The Kier molecular flexibility index (Phi) is 3.44. The Morgan fingerprint density at radius 3 is 2.71 bits per heavy atom. The smallest absolute Gasteiger partial charge is 0.263 e. The SMILES string of the molecule is CCCC(=Nn1nnnc1N)c1ccccc1. The van der Waals surface area contributed by atoms with E-state index in [-0.39, 0.29) is 5.95 Å². The monoisotopic (exact) mass is 230 g/mol. The van der Waals surface area contributed by atoms with Crippen LogP contribution in [0.15, 0.2) is 35.4 Å². The Morgan fingerprint density at radius 1 is 1.35 bits per heavy atom. The van der Waals surface area contributed by atoms with Crippen LogP contribution in [0.2, 0.25) is 0 Å². The number of rotatable bonds is 4. The van der Waals surface area contributed by atoms with E-state index in [0.717, 1.165) is 24.1 Å². The minimum absolute atomic E-state index is 0.189. The van der Waals surface area contributed by atoms with Crippen molar-refractivity contribution in [2.24, 2.45) is 5.10 Å². The Hall–Kier alpha value is -2.24. The van der Waals surface area contributed by atoms with E-state index in [2.05, 4.69) is 27.6 Å². The number of hydrogen-bond donors (Lipinski definition) is 1. The summed E-state index contributed by atoms with van der Waals surface area (Å²) >= 11 is 0. The maximum Gasteiger partial charge on any atom is 0.263 e. The van der Waals surface area contributed by atoms with E-state index in [1.54, 1.807) is 0 Å². The first kappa shape index (κ1) is 11.3. The van der Waals surface area contributed by atoms with Gasteiger partial charge >= 0.3 is 0 Å². The molecule has 88 valence electrons. The van der Waals surface area contributed by atoms with Crippen molar-refractivity contribution in [1.29, 1.82) is 0 Å². The van der Waals surface area contributed by atoms with Crippen molar-refractivity contribution in [1.82, 2.24) is 20.3 Å². The van der Waals surface area contributed by atoms with Gasteiger partial charge in [-0.3, -0.25) is 0 Å². The highest BCUT2D eigenvalue weighted by Crippen LogP contribution is 2.07. The first-order chi connectivity index (χ1) is 8.31. The van der Waals surface area contributed by atoms with Crippen LogP contribution in [-0.2, 0) is 0 Å². The first-order valence-corrected chi connectivity index (χ1v) is 5.48. The lowest BCUT2D eigenvalue weighted by atomic mass is 10.1. The fraction of sp³-hybridized carbons (Fsp3) is 0.273. The largest absolute Gasteiger partial charge is 0.365 e. The van der Waals surface area contributed by atoms with Gasteiger partial charge < -0.3 is 5.73 Å². The van der Waals surface area contributed by atoms with Crippen LogP contribution in [0.3, 0.4) is 0 Å². The molecule has 1 heterocycles. The van der Waals surface area contributed by atoms with Crippen molar-refractivity contribution in [3.8, 4) is 0 Å². The molecule has 1 aromatic heterocycles. The topological polar surface area (TPSA) is 82.0 Å². The molecule has 0 aliphatic rings. The van der Waals surface area contributed by atoms with Gasteiger partial charge in [-0.05, 0) is 22.4 Å². The second-order valence-corrected chi connectivity index (χ2v) is 3.59. The Bertz CT molecular complexity index is 502. The van der Waals surface area contributed by atoms with Gasteiger partial charge in [0, 0.05) is 0 Å². The summed E-state index contributed by atoms with van der Waals surface area (Å²) in [7, 11) is 0. The summed E-state index contributed by atoms with van der Waals surface area (Å²) in [5.74, 6) is 0.189. The molecule has 0 fully saturated rings. The van der Waals surface area contributed by atoms with E-state index in [9.17, 15) is 0 Å². The highest BCUT2D eigenvalue weighted by molar-refractivity contribution is 6.00. The molecule has 0 saturated heterocycles. The van der Waals surface area contributed by atoms with Gasteiger partial charge in [-0.1, -0.05) is 53.6 Å². The molecule has 0 aliphatic carbocycles. The highest BCUT2D eigenvalue weighted by atomic mass is 15.7. The van der Waals surface area contributed by atoms with Crippen LogP contribution in [0, 0.1) is 0 Å². The lowest BCUT2D eigenvalue weighted by molar-refractivity contribution is 0.693. The molecule has 2 N–H and O–H groups in total. The number of benzene rings is 1. The van der Waals surface area contributed by atoms with Gasteiger partial charge in [-0.2, -0.15) is 0 Å². The maximum atomic E-state index is 5.58. The normalized spacial score (nSPS) is 11.7. The molecule has 17 heavy (non-hydrogen) atoms. The molecule has 0 bridgehead atoms. The predicted octanol–water partition coefficient (Wildman–Crippen LogP) is 1.31. The third-order valence-electron chi connectivity index (χ3n) is 2.29. The highest BCUT2D eigenvalue weighted by Gasteiger charge is 2.05. The van der Waals surface area contributed by atoms with Crippen LogP contribution in [0.25, 0.3) is 0 Å². The Balaban J connectivity index is 2.36. The summed E-state index contributed by atoms with van der Waals surface area (Å²) in [4.78, 5) is 1.25. The number of nitrogen functional groups attached to an aromatic ring is 1. The van der Waals surface area contributed by atoms with E-state index in [1.165, 1.54) is 4.79 Å². The average molecular weight is 230 g/mol. The number of anilines is 1. The summed E-state index contributed by atoms with van der Waals surface area (Å²) in [6.07, 6.45) is 1.85. The summed E-state index contributed by atoms with van der Waals surface area (Å²) in [6, 6.07) is 9.94. The molecular formula is C11H14N6. The van der Waals surface area contributed by atoms with Crippen molar-refractivity contribution in [3.05, 3.63) is 35.9 Å². The molecule has 6 nitrogen and oxygen atoms in total. The molecular weight excluding hydrogens is 216 g/mol.